The molecule has 1 aromatic rings. The van der Waals surface area contributed by atoms with Crippen LogP contribution in [-0.2, 0) is 0 Å². The van der Waals surface area contributed by atoms with E-state index in [1.54, 1.807) is 0 Å². The van der Waals surface area contributed by atoms with Crippen LogP contribution < -0.4 is 4.74 Å². The van der Waals surface area contributed by atoms with Crippen molar-refractivity contribution in [3.05, 3.63) is 29.3 Å². The number of ether oxygens (including phenoxy) is 1. The minimum absolute atomic E-state index is 0.119. The van der Waals surface area contributed by atoms with Crippen LogP contribution in [0, 0.1) is 24.7 Å². The molecule has 1 aliphatic rings. The van der Waals surface area contributed by atoms with Crippen LogP contribution in [0.2, 0.25) is 0 Å². The number of aliphatic hydroxyl groups excluding tert-OH is 1. The van der Waals surface area contributed by atoms with Gasteiger partial charge in [0.2, 0.25) is 0 Å². The van der Waals surface area contributed by atoms with Crippen molar-refractivity contribution in [2.24, 2.45) is 5.92 Å². The molecule has 1 aromatic carbocycles. The molecule has 1 aliphatic carbocycles. The molecule has 2 heteroatoms. The summed E-state index contributed by atoms with van der Waals surface area (Å²) in [6, 6.07) is 6.11. The molecule has 1 saturated carbocycles. The number of hydrogen-bond acceptors (Lipinski definition) is 2. The van der Waals surface area contributed by atoms with Crippen molar-refractivity contribution in [2.45, 2.75) is 58.5 Å². The zero-order chi connectivity index (χ0) is 15.1. The molecule has 1 N–H and O–H groups in total. The average molecular weight is 286 g/mol. The lowest BCUT2D eigenvalue weighted by molar-refractivity contribution is 0.121. The molecule has 21 heavy (non-hydrogen) atoms. The van der Waals surface area contributed by atoms with Gasteiger partial charge in [0, 0.05) is 12.0 Å². The van der Waals surface area contributed by atoms with E-state index in [0.717, 1.165) is 22.8 Å². The number of hydrogen-bond donors (Lipinski definition) is 1. The molecule has 0 aliphatic heterocycles. The second kappa shape index (κ2) is 8.10. The van der Waals surface area contributed by atoms with E-state index in [4.69, 9.17) is 9.84 Å². The molecule has 0 bridgehead atoms. The fourth-order valence-electron chi connectivity index (χ4n) is 2.98. The normalized spacial score (nSPS) is 21.5. The topological polar surface area (TPSA) is 29.5 Å². The average Bonchev–Trinajstić information content (AvgIpc) is 2.50. The smallest absolute Gasteiger partial charge is 0.122 e. The van der Waals surface area contributed by atoms with Gasteiger partial charge in [-0.05, 0) is 55.9 Å². The third-order valence-electron chi connectivity index (χ3n) is 4.25. The Morgan fingerprint density at radius 3 is 2.90 bits per heavy atom. The lowest BCUT2D eigenvalue weighted by Crippen LogP contribution is -2.25. The summed E-state index contributed by atoms with van der Waals surface area (Å²) in [6.07, 6.45) is 7.16. The van der Waals surface area contributed by atoms with Gasteiger partial charge in [-0.1, -0.05) is 31.6 Å². The van der Waals surface area contributed by atoms with Crippen LogP contribution in [0.25, 0.3) is 0 Å². The van der Waals surface area contributed by atoms with Crippen molar-refractivity contribution in [2.75, 3.05) is 6.61 Å². The second-order valence-electron chi connectivity index (χ2n) is 5.94. The Hall–Kier alpha value is -1.46. The molecule has 0 aromatic heterocycles. The molecule has 1 fully saturated rings. The maximum atomic E-state index is 8.74. The SMILES string of the molecule is CCC1CCCC(Oc2ccc(C#CCCO)cc2C)C1. The fraction of sp³-hybridized carbons (Fsp3) is 0.579. The van der Waals surface area contributed by atoms with Crippen molar-refractivity contribution in [1.82, 2.24) is 0 Å². The van der Waals surface area contributed by atoms with Crippen LogP contribution in [0.3, 0.4) is 0 Å². The first kappa shape index (κ1) is 15.9. The summed E-state index contributed by atoms with van der Waals surface area (Å²) in [5.41, 5.74) is 2.13. The van der Waals surface area contributed by atoms with Gasteiger partial charge < -0.3 is 9.84 Å². The highest BCUT2D eigenvalue weighted by Gasteiger charge is 2.22. The minimum Gasteiger partial charge on any atom is -0.490 e. The molecule has 0 heterocycles. The third kappa shape index (κ3) is 4.79. The monoisotopic (exact) mass is 286 g/mol. The first-order chi connectivity index (χ1) is 10.2. The molecule has 0 amide bonds. The highest BCUT2D eigenvalue weighted by Crippen LogP contribution is 2.30. The Balaban J connectivity index is 1.99. The predicted molar refractivity (Wildman–Crippen MR) is 86.4 cm³/mol. The number of aryl methyl sites for hydroxylation is 1. The molecular formula is C19H26O2. The fourth-order valence-corrected chi connectivity index (χ4v) is 2.98. The summed E-state index contributed by atoms with van der Waals surface area (Å²) in [6.45, 7) is 4.47. The Labute approximate surface area is 128 Å². The van der Waals surface area contributed by atoms with Gasteiger partial charge in [-0.3, -0.25) is 0 Å². The summed E-state index contributed by atoms with van der Waals surface area (Å²) in [5, 5.41) is 8.74. The number of benzene rings is 1. The van der Waals surface area contributed by atoms with Crippen molar-refractivity contribution in [3.63, 3.8) is 0 Å². The van der Waals surface area contributed by atoms with Crippen LogP contribution >= 0.6 is 0 Å². The molecule has 2 atom stereocenters. The van der Waals surface area contributed by atoms with Crippen molar-refractivity contribution in [1.29, 1.82) is 0 Å². The van der Waals surface area contributed by atoms with E-state index in [0.29, 0.717) is 12.5 Å². The lowest BCUT2D eigenvalue weighted by Gasteiger charge is -2.29. The summed E-state index contributed by atoms with van der Waals surface area (Å²) < 4.78 is 6.21. The summed E-state index contributed by atoms with van der Waals surface area (Å²) >= 11 is 0. The quantitative estimate of drug-likeness (QED) is 0.845. The summed E-state index contributed by atoms with van der Waals surface area (Å²) in [5.74, 6) is 7.84. The van der Waals surface area contributed by atoms with Gasteiger partial charge in [0.1, 0.15) is 5.75 Å². The van der Waals surface area contributed by atoms with E-state index in [2.05, 4.69) is 31.8 Å². The van der Waals surface area contributed by atoms with Gasteiger partial charge in [0.15, 0.2) is 0 Å². The van der Waals surface area contributed by atoms with Crippen LogP contribution in [0.1, 0.15) is 56.6 Å². The maximum Gasteiger partial charge on any atom is 0.122 e. The second-order valence-corrected chi connectivity index (χ2v) is 5.94. The van der Waals surface area contributed by atoms with Gasteiger partial charge in [0.05, 0.1) is 12.7 Å². The highest BCUT2D eigenvalue weighted by molar-refractivity contribution is 5.43. The van der Waals surface area contributed by atoms with E-state index in [-0.39, 0.29) is 6.61 Å². The zero-order valence-electron chi connectivity index (χ0n) is 13.2. The van der Waals surface area contributed by atoms with Gasteiger partial charge in [-0.2, -0.15) is 0 Å². The largest absolute Gasteiger partial charge is 0.490 e. The molecule has 0 radical (unpaired) electrons. The van der Waals surface area contributed by atoms with Crippen molar-refractivity contribution >= 4 is 0 Å². The molecule has 2 rings (SSSR count). The molecule has 2 nitrogen and oxygen atoms in total. The standard InChI is InChI=1S/C19H26O2/c1-3-16-8-6-9-18(14-16)21-19-11-10-17(13-15(19)2)7-4-5-12-20/h10-11,13,16,18,20H,3,5-6,8-9,12,14H2,1-2H3. The van der Waals surface area contributed by atoms with E-state index < -0.39 is 0 Å². The van der Waals surface area contributed by atoms with E-state index in [9.17, 15) is 0 Å². The third-order valence-corrected chi connectivity index (χ3v) is 4.25. The van der Waals surface area contributed by atoms with E-state index in [1.807, 2.05) is 12.1 Å². The minimum atomic E-state index is 0.119. The van der Waals surface area contributed by atoms with Crippen LogP contribution in [0.5, 0.6) is 5.75 Å². The first-order valence-electron chi connectivity index (χ1n) is 8.10. The summed E-state index contributed by atoms with van der Waals surface area (Å²) in [4.78, 5) is 0. The Kier molecular flexibility index (Phi) is 6.14. The van der Waals surface area contributed by atoms with Crippen LogP contribution in [0.4, 0.5) is 0 Å². The van der Waals surface area contributed by atoms with Crippen molar-refractivity contribution in [3.8, 4) is 17.6 Å². The van der Waals surface area contributed by atoms with Crippen molar-refractivity contribution < 1.29 is 9.84 Å². The Morgan fingerprint density at radius 1 is 1.33 bits per heavy atom. The molecule has 0 saturated heterocycles. The lowest BCUT2D eigenvalue weighted by atomic mass is 9.85. The molecule has 114 valence electrons. The van der Waals surface area contributed by atoms with E-state index >= 15 is 0 Å². The van der Waals surface area contributed by atoms with Gasteiger partial charge in [-0.25, -0.2) is 0 Å². The molecule has 0 spiro atoms. The number of aliphatic hydroxyl groups is 1. The Morgan fingerprint density at radius 2 is 2.19 bits per heavy atom. The predicted octanol–water partition coefficient (Wildman–Crippen LogP) is 4.08. The highest BCUT2D eigenvalue weighted by atomic mass is 16.5. The van der Waals surface area contributed by atoms with Gasteiger partial charge in [-0.15, -0.1) is 0 Å². The maximum absolute atomic E-state index is 8.74. The van der Waals surface area contributed by atoms with E-state index in [1.165, 1.54) is 32.1 Å². The summed E-state index contributed by atoms with van der Waals surface area (Å²) in [7, 11) is 0. The Bertz CT molecular complexity index is 510. The zero-order valence-corrected chi connectivity index (χ0v) is 13.2. The van der Waals surface area contributed by atoms with Gasteiger partial charge >= 0.3 is 0 Å². The first-order valence-corrected chi connectivity index (χ1v) is 8.10. The van der Waals surface area contributed by atoms with Crippen LogP contribution in [-0.4, -0.2) is 17.8 Å². The van der Waals surface area contributed by atoms with Gasteiger partial charge in [0.25, 0.3) is 0 Å². The van der Waals surface area contributed by atoms with Crippen LogP contribution in [0.15, 0.2) is 18.2 Å². The molecular weight excluding hydrogens is 260 g/mol. The molecule has 2 unspecified atom stereocenters. The number of rotatable bonds is 4.